The molecular formula is C13H17N3O3. The molecule has 0 radical (unpaired) electrons. The lowest BCUT2D eigenvalue weighted by molar-refractivity contribution is -0.128. The Morgan fingerprint density at radius 1 is 1.21 bits per heavy atom. The van der Waals surface area contributed by atoms with Crippen LogP contribution in [0.15, 0.2) is 18.2 Å². The lowest BCUT2D eigenvalue weighted by Crippen LogP contribution is -2.33. The van der Waals surface area contributed by atoms with Crippen molar-refractivity contribution in [3.63, 3.8) is 0 Å². The van der Waals surface area contributed by atoms with Crippen LogP contribution in [0, 0.1) is 0 Å². The summed E-state index contributed by atoms with van der Waals surface area (Å²) in [5.74, 6) is -0.290. The summed E-state index contributed by atoms with van der Waals surface area (Å²) in [6.45, 7) is 4.41. The van der Waals surface area contributed by atoms with Crippen molar-refractivity contribution in [3.05, 3.63) is 23.9 Å². The summed E-state index contributed by atoms with van der Waals surface area (Å²) in [5.41, 5.74) is 0.0465. The smallest absolute Gasteiger partial charge is 0.354 e. The molecule has 0 bridgehead atoms. The Kier molecular flexibility index (Phi) is 3.99. The minimum absolute atomic E-state index is 0.0465. The number of aromatic carboxylic acids is 1. The van der Waals surface area contributed by atoms with Gasteiger partial charge in [-0.1, -0.05) is 6.07 Å². The van der Waals surface area contributed by atoms with Gasteiger partial charge in [0.1, 0.15) is 5.82 Å². The van der Waals surface area contributed by atoms with Crippen molar-refractivity contribution in [3.8, 4) is 0 Å². The molecule has 6 nitrogen and oxygen atoms in total. The zero-order chi connectivity index (χ0) is 13.8. The van der Waals surface area contributed by atoms with Gasteiger partial charge in [-0.05, 0) is 18.6 Å². The number of rotatable bonds is 2. The van der Waals surface area contributed by atoms with Crippen LogP contribution in [0.4, 0.5) is 5.82 Å². The first kappa shape index (κ1) is 13.3. The molecule has 1 saturated heterocycles. The molecule has 1 fully saturated rings. The van der Waals surface area contributed by atoms with E-state index in [4.69, 9.17) is 5.11 Å². The number of carboxylic acid groups (broad SMARTS) is 1. The van der Waals surface area contributed by atoms with Crippen molar-refractivity contribution in [2.75, 3.05) is 31.1 Å². The van der Waals surface area contributed by atoms with Gasteiger partial charge in [0, 0.05) is 33.1 Å². The van der Waals surface area contributed by atoms with Gasteiger partial charge in [-0.15, -0.1) is 0 Å². The zero-order valence-electron chi connectivity index (χ0n) is 10.9. The summed E-state index contributed by atoms with van der Waals surface area (Å²) < 4.78 is 0. The third-order valence-electron chi connectivity index (χ3n) is 3.22. The molecule has 1 aliphatic rings. The van der Waals surface area contributed by atoms with Crippen LogP contribution in [0.3, 0.4) is 0 Å². The number of hydrogen-bond donors (Lipinski definition) is 1. The van der Waals surface area contributed by atoms with Gasteiger partial charge in [0.25, 0.3) is 0 Å². The largest absolute Gasteiger partial charge is 0.477 e. The summed E-state index contributed by atoms with van der Waals surface area (Å²) in [4.78, 5) is 30.2. The fraction of sp³-hybridized carbons (Fsp3) is 0.462. The zero-order valence-corrected chi connectivity index (χ0v) is 10.9. The molecule has 2 heterocycles. The molecule has 0 unspecified atom stereocenters. The highest BCUT2D eigenvalue weighted by Gasteiger charge is 2.18. The van der Waals surface area contributed by atoms with Crippen molar-refractivity contribution in [1.82, 2.24) is 9.88 Å². The van der Waals surface area contributed by atoms with Gasteiger partial charge in [0.15, 0.2) is 5.69 Å². The number of hydrogen-bond acceptors (Lipinski definition) is 4. The van der Waals surface area contributed by atoms with Crippen molar-refractivity contribution in [2.24, 2.45) is 0 Å². The van der Waals surface area contributed by atoms with E-state index in [0.29, 0.717) is 18.9 Å². The standard InChI is InChI=1S/C13H17N3O3/c1-10(17)15-6-3-7-16(9-8-15)12-5-2-4-11(14-12)13(18)19/h2,4-5H,3,6-9H2,1H3,(H,18,19). The van der Waals surface area contributed by atoms with Crippen LogP contribution in [0.2, 0.25) is 0 Å². The molecule has 1 aromatic heterocycles. The molecule has 2 rings (SSSR count). The maximum absolute atomic E-state index is 11.4. The molecule has 1 amide bonds. The number of aromatic nitrogens is 1. The van der Waals surface area contributed by atoms with Crippen LogP contribution >= 0.6 is 0 Å². The van der Waals surface area contributed by atoms with Crippen LogP contribution in [0.5, 0.6) is 0 Å². The van der Waals surface area contributed by atoms with Gasteiger partial charge < -0.3 is 14.9 Å². The molecule has 1 aromatic rings. The number of carboxylic acids is 1. The van der Waals surface area contributed by atoms with Gasteiger partial charge in [-0.25, -0.2) is 9.78 Å². The molecule has 0 aromatic carbocycles. The van der Waals surface area contributed by atoms with Crippen LogP contribution < -0.4 is 4.90 Å². The summed E-state index contributed by atoms with van der Waals surface area (Å²) in [6.07, 6.45) is 0.860. The van der Waals surface area contributed by atoms with Crippen molar-refractivity contribution in [1.29, 1.82) is 0 Å². The molecule has 0 spiro atoms. The Balaban J connectivity index is 2.12. The maximum Gasteiger partial charge on any atom is 0.354 e. The molecule has 19 heavy (non-hydrogen) atoms. The lowest BCUT2D eigenvalue weighted by Gasteiger charge is -2.22. The molecule has 6 heteroatoms. The van der Waals surface area contributed by atoms with E-state index in [2.05, 4.69) is 4.98 Å². The van der Waals surface area contributed by atoms with Crippen molar-refractivity contribution >= 4 is 17.7 Å². The molecular weight excluding hydrogens is 246 g/mol. The summed E-state index contributed by atoms with van der Waals surface area (Å²) in [5, 5.41) is 8.94. The Morgan fingerprint density at radius 2 is 2.00 bits per heavy atom. The highest BCUT2D eigenvalue weighted by Crippen LogP contribution is 2.14. The summed E-state index contributed by atoms with van der Waals surface area (Å²) in [7, 11) is 0. The van der Waals surface area contributed by atoms with Crippen LogP contribution in [-0.4, -0.2) is 53.0 Å². The van der Waals surface area contributed by atoms with E-state index < -0.39 is 5.97 Å². The van der Waals surface area contributed by atoms with E-state index in [1.54, 1.807) is 24.0 Å². The Hall–Kier alpha value is -2.11. The highest BCUT2D eigenvalue weighted by atomic mass is 16.4. The second kappa shape index (κ2) is 5.69. The fourth-order valence-electron chi connectivity index (χ4n) is 2.18. The first-order valence-corrected chi connectivity index (χ1v) is 6.29. The predicted molar refractivity (Wildman–Crippen MR) is 70.3 cm³/mol. The SMILES string of the molecule is CC(=O)N1CCCN(c2cccc(C(=O)O)n2)CC1. The van der Waals surface area contributed by atoms with E-state index >= 15 is 0 Å². The third-order valence-corrected chi connectivity index (χ3v) is 3.22. The number of nitrogens with zero attached hydrogens (tertiary/aromatic N) is 3. The van der Waals surface area contributed by atoms with E-state index in [1.165, 1.54) is 6.07 Å². The van der Waals surface area contributed by atoms with E-state index in [0.717, 1.165) is 19.5 Å². The number of amides is 1. The molecule has 0 saturated carbocycles. The monoisotopic (exact) mass is 263 g/mol. The minimum atomic E-state index is -1.03. The average molecular weight is 263 g/mol. The van der Waals surface area contributed by atoms with Crippen LogP contribution in [0.1, 0.15) is 23.8 Å². The molecule has 0 aliphatic carbocycles. The second-order valence-electron chi connectivity index (χ2n) is 4.53. The number of carbonyl (C=O) groups excluding carboxylic acids is 1. The van der Waals surface area contributed by atoms with Gasteiger partial charge in [0.05, 0.1) is 0 Å². The lowest BCUT2D eigenvalue weighted by atomic mass is 10.3. The topological polar surface area (TPSA) is 73.7 Å². The Morgan fingerprint density at radius 3 is 2.68 bits per heavy atom. The maximum atomic E-state index is 11.4. The summed E-state index contributed by atoms with van der Waals surface area (Å²) in [6, 6.07) is 4.97. The van der Waals surface area contributed by atoms with Crippen LogP contribution in [0.25, 0.3) is 0 Å². The summed E-state index contributed by atoms with van der Waals surface area (Å²) >= 11 is 0. The van der Waals surface area contributed by atoms with Gasteiger partial charge in [-0.3, -0.25) is 4.79 Å². The normalized spacial score (nSPS) is 16.1. The minimum Gasteiger partial charge on any atom is -0.477 e. The number of carbonyl (C=O) groups is 2. The molecule has 1 N–H and O–H groups in total. The fourth-order valence-corrected chi connectivity index (χ4v) is 2.18. The predicted octanol–water partition coefficient (Wildman–Crippen LogP) is 0.838. The van der Waals surface area contributed by atoms with Crippen molar-refractivity contribution in [2.45, 2.75) is 13.3 Å². The number of pyridine rings is 1. The average Bonchev–Trinajstić information content (AvgIpc) is 2.64. The highest BCUT2D eigenvalue weighted by molar-refractivity contribution is 5.85. The molecule has 102 valence electrons. The molecule has 0 atom stereocenters. The third kappa shape index (κ3) is 3.21. The Labute approximate surface area is 111 Å². The van der Waals surface area contributed by atoms with E-state index in [-0.39, 0.29) is 11.6 Å². The molecule has 1 aliphatic heterocycles. The first-order chi connectivity index (χ1) is 9.08. The van der Waals surface area contributed by atoms with Gasteiger partial charge in [-0.2, -0.15) is 0 Å². The first-order valence-electron chi connectivity index (χ1n) is 6.29. The quantitative estimate of drug-likeness (QED) is 0.855. The van der Waals surface area contributed by atoms with Gasteiger partial charge in [0.2, 0.25) is 5.91 Å². The second-order valence-corrected chi connectivity index (χ2v) is 4.53. The van der Waals surface area contributed by atoms with E-state index in [9.17, 15) is 9.59 Å². The van der Waals surface area contributed by atoms with Gasteiger partial charge >= 0.3 is 5.97 Å². The van der Waals surface area contributed by atoms with Crippen LogP contribution in [-0.2, 0) is 4.79 Å². The van der Waals surface area contributed by atoms with E-state index in [1.807, 2.05) is 4.90 Å². The number of anilines is 1. The van der Waals surface area contributed by atoms with Crippen molar-refractivity contribution < 1.29 is 14.7 Å². The Bertz CT molecular complexity index is 490.